The highest BCUT2D eigenvalue weighted by Crippen LogP contribution is 2.29. The van der Waals surface area contributed by atoms with Gasteiger partial charge in [-0.1, -0.05) is 19.3 Å². The summed E-state index contributed by atoms with van der Waals surface area (Å²) in [4.78, 5) is 0. The fourth-order valence-corrected chi connectivity index (χ4v) is 1.95. The Kier molecular flexibility index (Phi) is 3.01. The first-order chi connectivity index (χ1) is 5.95. The molecule has 1 aliphatic carbocycles. The van der Waals surface area contributed by atoms with Crippen LogP contribution in [0.1, 0.15) is 32.1 Å². The minimum atomic E-state index is 0.519. The standard InChI is InChI=1S/C10H19NO/c1-2-9(3-1)5-7-12-10-4-6-11-8-10/h9-11H,1-8H2/t10-/m1/s1. The van der Waals surface area contributed by atoms with E-state index in [1.807, 2.05) is 0 Å². The first-order valence-electron chi connectivity index (χ1n) is 5.27. The van der Waals surface area contributed by atoms with Gasteiger partial charge in [0.25, 0.3) is 0 Å². The highest BCUT2D eigenvalue weighted by atomic mass is 16.5. The molecule has 0 aromatic rings. The molecule has 1 heterocycles. The van der Waals surface area contributed by atoms with E-state index in [4.69, 9.17) is 4.74 Å². The van der Waals surface area contributed by atoms with Gasteiger partial charge in [0.1, 0.15) is 0 Å². The van der Waals surface area contributed by atoms with Crippen molar-refractivity contribution in [2.24, 2.45) is 5.92 Å². The predicted molar refractivity (Wildman–Crippen MR) is 49.2 cm³/mol. The Hall–Kier alpha value is -0.0800. The summed E-state index contributed by atoms with van der Waals surface area (Å²) < 4.78 is 5.75. The molecule has 0 radical (unpaired) electrons. The monoisotopic (exact) mass is 169 g/mol. The minimum absolute atomic E-state index is 0.519. The van der Waals surface area contributed by atoms with Crippen LogP contribution in [0.4, 0.5) is 0 Å². The van der Waals surface area contributed by atoms with Gasteiger partial charge in [0, 0.05) is 13.2 Å². The van der Waals surface area contributed by atoms with Gasteiger partial charge in [-0.25, -0.2) is 0 Å². The van der Waals surface area contributed by atoms with Crippen LogP contribution in [0.3, 0.4) is 0 Å². The van der Waals surface area contributed by atoms with Gasteiger partial charge in [0.2, 0.25) is 0 Å². The lowest BCUT2D eigenvalue weighted by atomic mass is 9.83. The smallest absolute Gasteiger partial charge is 0.0711 e. The summed E-state index contributed by atoms with van der Waals surface area (Å²) in [5.74, 6) is 0.999. The summed E-state index contributed by atoms with van der Waals surface area (Å²) in [6, 6.07) is 0. The summed E-state index contributed by atoms with van der Waals surface area (Å²) in [5, 5.41) is 3.31. The fraction of sp³-hybridized carbons (Fsp3) is 1.00. The zero-order valence-corrected chi connectivity index (χ0v) is 7.72. The Morgan fingerprint density at radius 1 is 1.25 bits per heavy atom. The molecular weight excluding hydrogens is 150 g/mol. The van der Waals surface area contributed by atoms with Gasteiger partial charge in [-0.3, -0.25) is 0 Å². The molecule has 0 aromatic carbocycles. The first kappa shape index (κ1) is 8.52. The summed E-state index contributed by atoms with van der Waals surface area (Å²) >= 11 is 0. The third kappa shape index (κ3) is 2.20. The molecule has 1 N–H and O–H groups in total. The molecule has 1 atom stereocenters. The van der Waals surface area contributed by atoms with Gasteiger partial charge in [0.05, 0.1) is 6.10 Å². The number of hydrogen-bond donors (Lipinski definition) is 1. The van der Waals surface area contributed by atoms with E-state index < -0.39 is 0 Å². The van der Waals surface area contributed by atoms with Crippen LogP contribution in [0, 0.1) is 5.92 Å². The maximum absolute atomic E-state index is 5.75. The molecule has 1 aliphatic heterocycles. The highest BCUT2D eigenvalue weighted by molar-refractivity contribution is 4.72. The second-order valence-electron chi connectivity index (χ2n) is 4.07. The van der Waals surface area contributed by atoms with Gasteiger partial charge in [0.15, 0.2) is 0 Å². The first-order valence-corrected chi connectivity index (χ1v) is 5.27. The van der Waals surface area contributed by atoms with Crippen molar-refractivity contribution in [3.05, 3.63) is 0 Å². The van der Waals surface area contributed by atoms with E-state index in [1.54, 1.807) is 0 Å². The number of nitrogens with one attached hydrogen (secondary N) is 1. The van der Waals surface area contributed by atoms with Crippen LogP contribution in [0.2, 0.25) is 0 Å². The Balaban J connectivity index is 1.49. The van der Waals surface area contributed by atoms with E-state index in [9.17, 15) is 0 Å². The quantitative estimate of drug-likeness (QED) is 0.689. The van der Waals surface area contributed by atoms with E-state index in [0.717, 1.165) is 25.6 Å². The molecule has 12 heavy (non-hydrogen) atoms. The van der Waals surface area contributed by atoms with Crippen molar-refractivity contribution in [1.29, 1.82) is 0 Å². The second-order valence-corrected chi connectivity index (χ2v) is 4.07. The molecule has 2 rings (SSSR count). The van der Waals surface area contributed by atoms with Crippen molar-refractivity contribution in [1.82, 2.24) is 5.32 Å². The molecule has 0 spiro atoms. The van der Waals surface area contributed by atoms with E-state index in [2.05, 4.69) is 5.32 Å². The molecule has 2 nitrogen and oxygen atoms in total. The van der Waals surface area contributed by atoms with E-state index >= 15 is 0 Å². The van der Waals surface area contributed by atoms with Crippen molar-refractivity contribution in [2.45, 2.75) is 38.2 Å². The van der Waals surface area contributed by atoms with Crippen LogP contribution < -0.4 is 5.32 Å². The molecule has 70 valence electrons. The molecule has 2 fully saturated rings. The lowest BCUT2D eigenvalue weighted by Gasteiger charge is -2.25. The topological polar surface area (TPSA) is 21.3 Å². The minimum Gasteiger partial charge on any atom is -0.377 e. The molecule has 1 saturated heterocycles. The van der Waals surface area contributed by atoms with Gasteiger partial charge < -0.3 is 10.1 Å². The largest absolute Gasteiger partial charge is 0.377 e. The summed E-state index contributed by atoms with van der Waals surface area (Å²) in [7, 11) is 0. The molecule has 1 saturated carbocycles. The number of hydrogen-bond acceptors (Lipinski definition) is 2. The maximum Gasteiger partial charge on any atom is 0.0711 e. The fourth-order valence-electron chi connectivity index (χ4n) is 1.95. The zero-order chi connectivity index (χ0) is 8.23. The van der Waals surface area contributed by atoms with Crippen molar-refractivity contribution in [3.63, 3.8) is 0 Å². The summed E-state index contributed by atoms with van der Waals surface area (Å²) in [5.41, 5.74) is 0. The Morgan fingerprint density at radius 2 is 2.17 bits per heavy atom. The molecular formula is C10H19NO. The van der Waals surface area contributed by atoms with Crippen molar-refractivity contribution in [3.8, 4) is 0 Å². The summed E-state index contributed by atoms with van der Waals surface area (Å²) in [6.07, 6.45) is 7.39. The Morgan fingerprint density at radius 3 is 2.75 bits per heavy atom. The van der Waals surface area contributed by atoms with Gasteiger partial charge >= 0.3 is 0 Å². The molecule has 2 heteroatoms. The average Bonchev–Trinajstić information content (AvgIpc) is 2.46. The van der Waals surface area contributed by atoms with Crippen LogP contribution in [0.25, 0.3) is 0 Å². The highest BCUT2D eigenvalue weighted by Gasteiger charge is 2.19. The molecule has 0 amide bonds. The Bertz CT molecular complexity index is 128. The van der Waals surface area contributed by atoms with Crippen molar-refractivity contribution >= 4 is 0 Å². The van der Waals surface area contributed by atoms with Crippen molar-refractivity contribution < 1.29 is 4.74 Å². The molecule has 0 aromatic heterocycles. The third-order valence-corrected chi connectivity index (χ3v) is 3.12. The average molecular weight is 169 g/mol. The van der Waals surface area contributed by atoms with E-state index in [-0.39, 0.29) is 0 Å². The number of rotatable bonds is 4. The molecule has 0 bridgehead atoms. The molecule has 0 unspecified atom stereocenters. The van der Waals surface area contributed by atoms with Crippen LogP contribution in [0.15, 0.2) is 0 Å². The second kappa shape index (κ2) is 4.24. The third-order valence-electron chi connectivity index (χ3n) is 3.12. The number of ether oxygens (including phenoxy) is 1. The van der Waals surface area contributed by atoms with Crippen LogP contribution in [-0.2, 0) is 4.74 Å². The normalized spacial score (nSPS) is 30.5. The van der Waals surface area contributed by atoms with E-state index in [1.165, 1.54) is 32.1 Å². The SMILES string of the molecule is C1CC(CCO[C@@H]2CCNC2)C1. The van der Waals surface area contributed by atoms with E-state index in [0.29, 0.717) is 6.10 Å². The van der Waals surface area contributed by atoms with Gasteiger partial charge in [-0.05, 0) is 25.3 Å². The lowest BCUT2D eigenvalue weighted by Crippen LogP contribution is -2.20. The molecule has 2 aliphatic rings. The van der Waals surface area contributed by atoms with Crippen LogP contribution in [-0.4, -0.2) is 25.8 Å². The van der Waals surface area contributed by atoms with Crippen LogP contribution >= 0.6 is 0 Å². The Labute approximate surface area is 74.7 Å². The predicted octanol–water partition coefficient (Wildman–Crippen LogP) is 1.56. The van der Waals surface area contributed by atoms with Crippen LogP contribution in [0.5, 0.6) is 0 Å². The zero-order valence-electron chi connectivity index (χ0n) is 7.72. The van der Waals surface area contributed by atoms with Gasteiger partial charge in [-0.15, -0.1) is 0 Å². The summed E-state index contributed by atoms with van der Waals surface area (Å²) in [6.45, 7) is 3.22. The lowest BCUT2D eigenvalue weighted by molar-refractivity contribution is 0.0501. The maximum atomic E-state index is 5.75. The van der Waals surface area contributed by atoms with Crippen molar-refractivity contribution in [2.75, 3.05) is 19.7 Å². The van der Waals surface area contributed by atoms with Gasteiger partial charge in [-0.2, -0.15) is 0 Å².